The number of ether oxygens (including phenoxy) is 2. The highest BCUT2D eigenvalue weighted by Gasteiger charge is 2.26. The van der Waals surface area contributed by atoms with Gasteiger partial charge in [0.25, 0.3) is 11.2 Å². The highest BCUT2D eigenvalue weighted by molar-refractivity contribution is 5.74. The van der Waals surface area contributed by atoms with Gasteiger partial charge in [-0.2, -0.15) is 0 Å². The van der Waals surface area contributed by atoms with E-state index in [9.17, 15) is 19.7 Å². The monoisotopic (exact) mass is 312 g/mol. The number of carbonyl (C=O) groups is 1. The number of nitrogens with zero attached hydrogens (tertiary/aromatic N) is 2. The Morgan fingerprint density at radius 1 is 1.36 bits per heavy atom. The van der Waals surface area contributed by atoms with E-state index in [4.69, 9.17) is 9.47 Å². The summed E-state index contributed by atoms with van der Waals surface area (Å²) in [5.41, 5.74) is -0.553. The number of hydrogen-bond donors (Lipinski definition) is 0. The van der Waals surface area contributed by atoms with Gasteiger partial charge in [-0.15, -0.1) is 0 Å². The maximum Gasteiger partial charge on any atom is 0.329 e. The topological polar surface area (TPSA) is 101 Å². The molecule has 1 heterocycles. The van der Waals surface area contributed by atoms with E-state index in [1.807, 2.05) is 6.92 Å². The molecule has 0 aliphatic rings. The van der Waals surface area contributed by atoms with Crippen LogP contribution in [0.15, 0.2) is 16.9 Å². The number of esters is 1. The van der Waals surface area contributed by atoms with Crippen molar-refractivity contribution in [3.8, 4) is 0 Å². The lowest BCUT2D eigenvalue weighted by atomic mass is 10.2. The first-order valence-electron chi connectivity index (χ1n) is 7.04. The molecule has 0 spiro atoms. The van der Waals surface area contributed by atoms with E-state index in [-0.39, 0.29) is 31.0 Å². The van der Waals surface area contributed by atoms with Crippen LogP contribution in [0.2, 0.25) is 0 Å². The van der Waals surface area contributed by atoms with Crippen LogP contribution in [-0.4, -0.2) is 35.3 Å². The molecule has 0 amide bonds. The van der Waals surface area contributed by atoms with Gasteiger partial charge in [-0.25, -0.2) is 4.79 Å². The zero-order valence-corrected chi connectivity index (χ0v) is 12.9. The second-order valence-electron chi connectivity index (χ2n) is 4.56. The van der Waals surface area contributed by atoms with E-state index in [1.54, 1.807) is 6.92 Å². The van der Waals surface area contributed by atoms with E-state index in [0.29, 0.717) is 6.61 Å². The molecule has 1 atom stereocenters. The number of aromatic nitrogens is 1. The Bertz CT molecular complexity index is 595. The Labute approximate surface area is 127 Å². The Kier molecular flexibility index (Phi) is 6.71. The molecule has 0 saturated heterocycles. The lowest BCUT2D eigenvalue weighted by Gasteiger charge is -2.19. The van der Waals surface area contributed by atoms with Gasteiger partial charge in [-0.05, 0) is 20.3 Å². The molecule has 1 unspecified atom stereocenters. The van der Waals surface area contributed by atoms with Gasteiger partial charge in [0.2, 0.25) is 0 Å². The van der Waals surface area contributed by atoms with E-state index in [0.717, 1.165) is 16.7 Å². The fourth-order valence-electron chi connectivity index (χ4n) is 2.12. The maximum atomic E-state index is 12.1. The van der Waals surface area contributed by atoms with Crippen molar-refractivity contribution in [2.75, 3.05) is 19.8 Å². The molecular weight excluding hydrogens is 292 g/mol. The molecule has 0 radical (unpaired) electrons. The van der Waals surface area contributed by atoms with Crippen LogP contribution in [0.5, 0.6) is 0 Å². The highest BCUT2D eigenvalue weighted by atomic mass is 16.6. The molecule has 0 fully saturated rings. The van der Waals surface area contributed by atoms with Crippen molar-refractivity contribution in [3.05, 3.63) is 38.3 Å². The molecule has 122 valence electrons. The van der Waals surface area contributed by atoms with Crippen LogP contribution in [0.25, 0.3) is 0 Å². The summed E-state index contributed by atoms with van der Waals surface area (Å²) in [7, 11) is 0. The van der Waals surface area contributed by atoms with Gasteiger partial charge in [0.05, 0.1) is 17.2 Å². The third kappa shape index (κ3) is 4.14. The zero-order chi connectivity index (χ0) is 16.7. The molecule has 0 aliphatic carbocycles. The van der Waals surface area contributed by atoms with Gasteiger partial charge < -0.3 is 9.47 Å². The maximum absolute atomic E-state index is 12.1. The third-order valence-electron chi connectivity index (χ3n) is 3.20. The molecule has 8 nitrogen and oxygen atoms in total. The first kappa shape index (κ1) is 17.8. The number of hydrogen-bond acceptors (Lipinski definition) is 6. The highest BCUT2D eigenvalue weighted by Crippen LogP contribution is 2.20. The fourth-order valence-corrected chi connectivity index (χ4v) is 2.12. The summed E-state index contributed by atoms with van der Waals surface area (Å²) in [6.45, 7) is 5.82. The second kappa shape index (κ2) is 8.28. The van der Waals surface area contributed by atoms with Crippen LogP contribution < -0.4 is 5.56 Å². The molecule has 8 heteroatoms. The molecule has 0 N–H and O–H groups in total. The fraction of sp³-hybridized carbons (Fsp3) is 0.571. The standard InChI is InChI=1S/C14H20N2O6/c1-4-11(14(18)22-9-8-21-5-2)15-10(3)12(16(19)20)6-7-13(15)17/h6-7,11H,4-5,8-9H2,1-3H3. The quantitative estimate of drug-likeness (QED) is 0.313. The zero-order valence-electron chi connectivity index (χ0n) is 12.9. The summed E-state index contributed by atoms with van der Waals surface area (Å²) >= 11 is 0. The summed E-state index contributed by atoms with van der Waals surface area (Å²) in [5, 5.41) is 11.0. The van der Waals surface area contributed by atoms with Crippen LogP contribution in [-0.2, 0) is 14.3 Å². The van der Waals surface area contributed by atoms with Gasteiger partial charge in [-0.3, -0.25) is 19.5 Å². The molecule has 0 saturated carbocycles. The minimum atomic E-state index is -0.894. The Hall–Kier alpha value is -2.22. The van der Waals surface area contributed by atoms with Crippen LogP contribution >= 0.6 is 0 Å². The van der Waals surface area contributed by atoms with Crippen LogP contribution in [0.4, 0.5) is 5.69 Å². The van der Waals surface area contributed by atoms with Crippen molar-refractivity contribution < 1.29 is 19.2 Å². The van der Waals surface area contributed by atoms with E-state index in [1.165, 1.54) is 6.92 Å². The molecule has 1 aromatic rings. The van der Waals surface area contributed by atoms with Crippen LogP contribution in [0.3, 0.4) is 0 Å². The van der Waals surface area contributed by atoms with Crippen molar-refractivity contribution in [2.24, 2.45) is 0 Å². The van der Waals surface area contributed by atoms with Crippen molar-refractivity contribution in [2.45, 2.75) is 33.2 Å². The molecular formula is C14H20N2O6. The molecule has 0 aliphatic heterocycles. The van der Waals surface area contributed by atoms with Crippen LogP contribution in [0, 0.1) is 17.0 Å². The van der Waals surface area contributed by atoms with Crippen molar-refractivity contribution >= 4 is 11.7 Å². The van der Waals surface area contributed by atoms with Crippen molar-refractivity contribution in [3.63, 3.8) is 0 Å². The second-order valence-corrected chi connectivity index (χ2v) is 4.56. The summed E-state index contributed by atoms with van der Waals surface area (Å²) in [4.78, 5) is 34.5. The predicted octanol–water partition coefficient (Wildman–Crippen LogP) is 1.60. The summed E-state index contributed by atoms with van der Waals surface area (Å²) in [6, 6.07) is 1.33. The predicted molar refractivity (Wildman–Crippen MR) is 78.9 cm³/mol. The molecule has 0 bridgehead atoms. The largest absolute Gasteiger partial charge is 0.462 e. The number of nitro groups is 1. The normalized spacial score (nSPS) is 12.0. The van der Waals surface area contributed by atoms with Crippen LogP contribution in [0.1, 0.15) is 32.0 Å². The molecule has 1 rings (SSSR count). The lowest BCUT2D eigenvalue weighted by molar-refractivity contribution is -0.386. The van der Waals surface area contributed by atoms with Crippen molar-refractivity contribution in [1.29, 1.82) is 0 Å². The van der Waals surface area contributed by atoms with E-state index >= 15 is 0 Å². The Morgan fingerprint density at radius 3 is 2.59 bits per heavy atom. The van der Waals surface area contributed by atoms with E-state index < -0.39 is 22.5 Å². The average Bonchev–Trinajstić information content (AvgIpc) is 2.47. The van der Waals surface area contributed by atoms with Gasteiger partial charge in [-0.1, -0.05) is 6.92 Å². The molecule has 22 heavy (non-hydrogen) atoms. The molecule has 1 aromatic heterocycles. The van der Waals surface area contributed by atoms with Gasteiger partial charge >= 0.3 is 5.97 Å². The minimum Gasteiger partial charge on any atom is -0.462 e. The summed E-state index contributed by atoms with van der Waals surface area (Å²) in [6.07, 6.45) is 0.287. The minimum absolute atomic E-state index is 0.0753. The smallest absolute Gasteiger partial charge is 0.329 e. The van der Waals surface area contributed by atoms with Gasteiger partial charge in [0.1, 0.15) is 12.6 Å². The summed E-state index contributed by atoms with van der Waals surface area (Å²) < 4.78 is 11.2. The Morgan fingerprint density at radius 2 is 2.05 bits per heavy atom. The number of rotatable bonds is 8. The average molecular weight is 312 g/mol. The molecule has 0 aromatic carbocycles. The first-order valence-corrected chi connectivity index (χ1v) is 7.04. The number of pyridine rings is 1. The lowest BCUT2D eigenvalue weighted by Crippen LogP contribution is -2.32. The van der Waals surface area contributed by atoms with Crippen molar-refractivity contribution in [1.82, 2.24) is 4.57 Å². The van der Waals surface area contributed by atoms with Gasteiger partial charge in [0.15, 0.2) is 0 Å². The van der Waals surface area contributed by atoms with E-state index in [2.05, 4.69) is 0 Å². The van der Waals surface area contributed by atoms with Gasteiger partial charge in [0, 0.05) is 18.7 Å². The third-order valence-corrected chi connectivity index (χ3v) is 3.20. The summed E-state index contributed by atoms with van der Waals surface area (Å²) in [5.74, 6) is -0.604. The first-order chi connectivity index (χ1) is 10.4. The number of carbonyl (C=O) groups excluding carboxylic acids is 1. The Balaban J connectivity index is 3.04. The SMILES string of the molecule is CCOCCOC(=O)C(CC)n1c(C)c([N+](=O)[O-])ccc1=O.